The molecule has 2 N–H and O–H groups in total. The second-order valence-electron chi connectivity index (χ2n) is 1.83. The zero-order valence-corrected chi connectivity index (χ0v) is 5.57. The van der Waals surface area contributed by atoms with Gasteiger partial charge in [0.1, 0.15) is 0 Å². The third kappa shape index (κ3) is 1.82. The summed E-state index contributed by atoms with van der Waals surface area (Å²) in [6.07, 6.45) is 2.59. The first-order valence-corrected chi connectivity index (χ1v) is 2.79. The summed E-state index contributed by atoms with van der Waals surface area (Å²) >= 11 is 0. The Bertz CT molecular complexity index is 112. The number of rotatable bonds is 2. The molecule has 0 spiro atoms. The van der Waals surface area contributed by atoms with E-state index < -0.39 is 0 Å². The van der Waals surface area contributed by atoms with Crippen molar-refractivity contribution in [1.29, 1.82) is 0 Å². The molecule has 0 aromatic carbocycles. The van der Waals surface area contributed by atoms with Crippen molar-refractivity contribution in [3.63, 3.8) is 0 Å². The Morgan fingerprint density at radius 2 is 2.25 bits per heavy atom. The normalized spacial score (nSPS) is 11.5. The number of hydrogen-bond acceptors (Lipinski definition) is 1. The topological polar surface area (TPSA) is 26.0 Å². The molecule has 46 valence electrons. The average Bonchev–Trinajstić information content (AvgIpc) is 1.69. The Hall–Kier alpha value is -0.720. The van der Waals surface area contributed by atoms with Gasteiger partial charge < -0.3 is 5.73 Å². The molecule has 0 fully saturated rings. The van der Waals surface area contributed by atoms with E-state index in [0.717, 1.165) is 17.6 Å². The summed E-state index contributed by atoms with van der Waals surface area (Å²) in [4.78, 5) is 0. The van der Waals surface area contributed by atoms with Crippen LogP contribution in [0.1, 0.15) is 20.3 Å². The molecule has 0 unspecified atom stereocenters. The molecule has 8 heavy (non-hydrogen) atoms. The third-order valence-corrected chi connectivity index (χ3v) is 1.13. The van der Waals surface area contributed by atoms with Gasteiger partial charge in [-0.1, -0.05) is 19.1 Å². The van der Waals surface area contributed by atoms with Crippen LogP contribution in [0, 0.1) is 0 Å². The van der Waals surface area contributed by atoms with Crippen LogP contribution in [0.25, 0.3) is 0 Å². The molecule has 0 bridgehead atoms. The molecule has 0 aliphatic rings. The second-order valence-corrected chi connectivity index (χ2v) is 1.83. The second kappa shape index (κ2) is 3.30. The van der Waals surface area contributed by atoms with E-state index in [0.29, 0.717) is 0 Å². The van der Waals surface area contributed by atoms with E-state index >= 15 is 0 Å². The fraction of sp³-hybridized carbons (Fsp3) is 0.429. The summed E-state index contributed by atoms with van der Waals surface area (Å²) in [6.45, 7) is 7.77. The predicted octanol–water partition coefficient (Wildman–Crippen LogP) is 1.82. The van der Waals surface area contributed by atoms with Gasteiger partial charge in [-0.25, -0.2) is 0 Å². The molecule has 1 nitrogen and oxygen atoms in total. The summed E-state index contributed by atoms with van der Waals surface area (Å²) < 4.78 is 0. The Labute approximate surface area is 50.9 Å². The van der Waals surface area contributed by atoms with Gasteiger partial charge in [-0.2, -0.15) is 0 Å². The van der Waals surface area contributed by atoms with E-state index in [2.05, 4.69) is 13.5 Å². The summed E-state index contributed by atoms with van der Waals surface area (Å²) in [7, 11) is 0. The number of allylic oxidation sites excluding steroid dienone is 2. The molecule has 1 heteroatoms. The molecule has 0 aliphatic heterocycles. The van der Waals surface area contributed by atoms with Gasteiger partial charge in [0, 0.05) is 0 Å². The van der Waals surface area contributed by atoms with Crippen molar-refractivity contribution in [3.05, 3.63) is 23.9 Å². The van der Waals surface area contributed by atoms with Crippen LogP contribution >= 0.6 is 0 Å². The highest BCUT2D eigenvalue weighted by Crippen LogP contribution is 2.07. The fourth-order valence-electron chi connectivity index (χ4n) is 0.562. The monoisotopic (exact) mass is 111 g/mol. The van der Waals surface area contributed by atoms with Crippen LogP contribution in [-0.4, -0.2) is 0 Å². The van der Waals surface area contributed by atoms with Crippen LogP contribution in [0.2, 0.25) is 0 Å². The Kier molecular flexibility index (Phi) is 3.01. The predicted molar refractivity (Wildman–Crippen MR) is 37.4 cm³/mol. The Morgan fingerprint density at radius 1 is 1.75 bits per heavy atom. The lowest BCUT2D eigenvalue weighted by atomic mass is 10.1. The van der Waals surface area contributed by atoms with Crippen molar-refractivity contribution in [3.8, 4) is 0 Å². The zero-order valence-electron chi connectivity index (χ0n) is 5.57. The van der Waals surface area contributed by atoms with Crippen molar-refractivity contribution in [2.75, 3.05) is 0 Å². The lowest BCUT2D eigenvalue weighted by molar-refractivity contribution is 1.10. The van der Waals surface area contributed by atoms with Gasteiger partial charge in [0.15, 0.2) is 0 Å². The Morgan fingerprint density at radius 3 is 2.25 bits per heavy atom. The largest absolute Gasteiger partial charge is 0.404 e. The van der Waals surface area contributed by atoms with Crippen LogP contribution in [0.15, 0.2) is 23.9 Å². The molecule has 0 atom stereocenters. The molecule has 0 saturated heterocycles. The van der Waals surface area contributed by atoms with Crippen molar-refractivity contribution in [2.45, 2.75) is 20.3 Å². The summed E-state index contributed by atoms with van der Waals surface area (Å²) in [5.74, 6) is 0. The van der Waals surface area contributed by atoms with Crippen LogP contribution in [0.4, 0.5) is 0 Å². The average molecular weight is 111 g/mol. The van der Waals surface area contributed by atoms with E-state index in [4.69, 9.17) is 5.73 Å². The standard InChI is InChI=1S/C7H13N/c1-4-7(5-8)6(2)3/h5H,2,4,8H2,1,3H3/b7-5-. The van der Waals surface area contributed by atoms with E-state index in [1.807, 2.05) is 6.92 Å². The van der Waals surface area contributed by atoms with Crippen LogP contribution < -0.4 is 5.73 Å². The van der Waals surface area contributed by atoms with Crippen molar-refractivity contribution < 1.29 is 0 Å². The first-order chi connectivity index (χ1) is 3.72. The molecule has 0 aromatic heterocycles. The fourth-order valence-corrected chi connectivity index (χ4v) is 0.562. The van der Waals surface area contributed by atoms with Gasteiger partial charge in [-0.15, -0.1) is 0 Å². The minimum Gasteiger partial charge on any atom is -0.404 e. The van der Waals surface area contributed by atoms with Gasteiger partial charge in [-0.05, 0) is 25.1 Å². The number of nitrogens with two attached hydrogens (primary N) is 1. The van der Waals surface area contributed by atoms with Gasteiger partial charge in [0.2, 0.25) is 0 Å². The molecular weight excluding hydrogens is 98.1 g/mol. The van der Waals surface area contributed by atoms with Gasteiger partial charge in [0.05, 0.1) is 0 Å². The van der Waals surface area contributed by atoms with Crippen LogP contribution in [-0.2, 0) is 0 Å². The quantitative estimate of drug-likeness (QED) is 0.540. The number of hydrogen-bond donors (Lipinski definition) is 1. The third-order valence-electron chi connectivity index (χ3n) is 1.13. The maximum atomic E-state index is 5.26. The molecule has 0 aliphatic carbocycles. The van der Waals surface area contributed by atoms with E-state index in [1.165, 1.54) is 0 Å². The first-order valence-electron chi connectivity index (χ1n) is 2.79. The minimum atomic E-state index is 0.978. The summed E-state index contributed by atoms with van der Waals surface area (Å²) in [5, 5.41) is 0. The molecule has 0 heterocycles. The highest BCUT2D eigenvalue weighted by atomic mass is 14.5. The summed E-state index contributed by atoms with van der Waals surface area (Å²) in [5.41, 5.74) is 7.47. The smallest absolute Gasteiger partial charge is 0.00274 e. The van der Waals surface area contributed by atoms with E-state index in [1.54, 1.807) is 6.20 Å². The van der Waals surface area contributed by atoms with Crippen molar-refractivity contribution in [2.24, 2.45) is 5.73 Å². The zero-order chi connectivity index (χ0) is 6.57. The summed E-state index contributed by atoms with van der Waals surface area (Å²) in [6, 6.07) is 0. The van der Waals surface area contributed by atoms with E-state index in [9.17, 15) is 0 Å². The SMILES string of the molecule is C=C(C)/C(=C\N)CC. The minimum absolute atomic E-state index is 0.978. The van der Waals surface area contributed by atoms with Crippen LogP contribution in [0.3, 0.4) is 0 Å². The molecular formula is C7H13N. The highest BCUT2D eigenvalue weighted by Gasteiger charge is 1.89. The van der Waals surface area contributed by atoms with Crippen LogP contribution in [0.5, 0.6) is 0 Å². The lowest BCUT2D eigenvalue weighted by Crippen LogP contribution is -1.87. The van der Waals surface area contributed by atoms with Crippen molar-refractivity contribution >= 4 is 0 Å². The van der Waals surface area contributed by atoms with Gasteiger partial charge in [0.25, 0.3) is 0 Å². The first kappa shape index (κ1) is 7.28. The Balaban J connectivity index is 3.92. The molecule has 0 saturated carbocycles. The van der Waals surface area contributed by atoms with E-state index in [-0.39, 0.29) is 0 Å². The van der Waals surface area contributed by atoms with Gasteiger partial charge >= 0.3 is 0 Å². The van der Waals surface area contributed by atoms with Gasteiger partial charge in [-0.3, -0.25) is 0 Å². The molecule has 0 amide bonds. The van der Waals surface area contributed by atoms with Crippen molar-refractivity contribution in [1.82, 2.24) is 0 Å². The molecule has 0 radical (unpaired) electrons. The maximum Gasteiger partial charge on any atom is -0.00274 e. The molecule has 0 aromatic rings. The lowest BCUT2D eigenvalue weighted by Gasteiger charge is -1.98. The highest BCUT2D eigenvalue weighted by molar-refractivity contribution is 5.24. The molecule has 0 rings (SSSR count). The maximum absolute atomic E-state index is 5.26.